The zero-order valence-corrected chi connectivity index (χ0v) is 18.6. The van der Waals surface area contributed by atoms with Gasteiger partial charge < -0.3 is 14.8 Å². The van der Waals surface area contributed by atoms with E-state index in [-0.39, 0.29) is 12.4 Å². The third-order valence-electron chi connectivity index (χ3n) is 4.63. The fraction of sp³-hybridized carbons (Fsp3) is 0.478. The lowest BCUT2D eigenvalue weighted by Gasteiger charge is -2.16. The van der Waals surface area contributed by atoms with Crippen molar-refractivity contribution in [1.82, 2.24) is 5.32 Å². The van der Waals surface area contributed by atoms with Crippen molar-refractivity contribution in [2.75, 3.05) is 13.7 Å². The summed E-state index contributed by atoms with van der Waals surface area (Å²) in [6.07, 6.45) is 7.84. The Morgan fingerprint density at radius 2 is 1.61 bits per heavy atom. The SMILES string of the molecule is CCCCCCCCNCc1cccc(OC)c1OCc1ccccc1Cl.Cl. The average molecular weight is 426 g/mol. The van der Waals surface area contributed by atoms with Gasteiger partial charge in [0, 0.05) is 22.7 Å². The predicted octanol–water partition coefficient (Wildman–Crippen LogP) is 6.80. The highest BCUT2D eigenvalue weighted by molar-refractivity contribution is 6.31. The fourth-order valence-corrected chi connectivity index (χ4v) is 3.23. The summed E-state index contributed by atoms with van der Waals surface area (Å²) in [6, 6.07) is 13.8. The Bertz CT molecular complexity index is 679. The van der Waals surface area contributed by atoms with Gasteiger partial charge in [-0.15, -0.1) is 12.4 Å². The van der Waals surface area contributed by atoms with Crippen LogP contribution in [0.1, 0.15) is 56.6 Å². The minimum absolute atomic E-state index is 0. The van der Waals surface area contributed by atoms with E-state index in [0.29, 0.717) is 6.61 Å². The topological polar surface area (TPSA) is 30.5 Å². The van der Waals surface area contributed by atoms with E-state index in [2.05, 4.69) is 18.3 Å². The molecule has 0 aliphatic carbocycles. The molecule has 0 aliphatic rings. The van der Waals surface area contributed by atoms with Crippen LogP contribution >= 0.6 is 24.0 Å². The number of benzene rings is 2. The summed E-state index contributed by atoms with van der Waals surface area (Å²) in [5.41, 5.74) is 2.07. The lowest BCUT2D eigenvalue weighted by atomic mass is 10.1. The Morgan fingerprint density at radius 1 is 0.893 bits per heavy atom. The van der Waals surface area contributed by atoms with Crippen LogP contribution in [-0.2, 0) is 13.2 Å². The number of hydrogen-bond donors (Lipinski definition) is 1. The second-order valence-electron chi connectivity index (χ2n) is 6.77. The molecule has 5 heteroatoms. The molecule has 0 spiro atoms. The van der Waals surface area contributed by atoms with Crippen LogP contribution in [0, 0.1) is 0 Å². The van der Waals surface area contributed by atoms with Crippen LogP contribution in [0.5, 0.6) is 11.5 Å². The van der Waals surface area contributed by atoms with Crippen molar-refractivity contribution >= 4 is 24.0 Å². The summed E-state index contributed by atoms with van der Waals surface area (Å²) < 4.78 is 11.6. The molecule has 0 atom stereocenters. The van der Waals surface area contributed by atoms with E-state index in [9.17, 15) is 0 Å². The van der Waals surface area contributed by atoms with Gasteiger partial charge in [-0.3, -0.25) is 0 Å². The van der Waals surface area contributed by atoms with Crippen molar-refractivity contribution in [3.8, 4) is 11.5 Å². The Morgan fingerprint density at radius 3 is 2.36 bits per heavy atom. The minimum Gasteiger partial charge on any atom is -0.493 e. The van der Waals surface area contributed by atoms with Gasteiger partial charge in [0.1, 0.15) is 6.61 Å². The van der Waals surface area contributed by atoms with E-state index in [1.54, 1.807) is 7.11 Å². The van der Waals surface area contributed by atoms with Crippen LogP contribution in [0.15, 0.2) is 42.5 Å². The van der Waals surface area contributed by atoms with Crippen molar-refractivity contribution < 1.29 is 9.47 Å². The van der Waals surface area contributed by atoms with Gasteiger partial charge in [0.15, 0.2) is 11.5 Å². The Hall–Kier alpha value is -1.42. The number of rotatable bonds is 13. The summed E-state index contributed by atoms with van der Waals surface area (Å²) in [5.74, 6) is 1.54. The largest absolute Gasteiger partial charge is 0.493 e. The molecule has 2 aromatic carbocycles. The van der Waals surface area contributed by atoms with E-state index in [0.717, 1.165) is 40.7 Å². The number of hydrogen-bond acceptors (Lipinski definition) is 3. The molecular formula is C23H33Cl2NO2. The van der Waals surface area contributed by atoms with Gasteiger partial charge in [0.2, 0.25) is 0 Å². The second-order valence-corrected chi connectivity index (χ2v) is 7.18. The first-order valence-electron chi connectivity index (χ1n) is 9.99. The van der Waals surface area contributed by atoms with E-state index in [4.69, 9.17) is 21.1 Å². The van der Waals surface area contributed by atoms with Crippen molar-refractivity contribution in [3.05, 3.63) is 58.6 Å². The lowest BCUT2D eigenvalue weighted by Crippen LogP contribution is -2.15. The first kappa shape index (κ1) is 24.6. The molecule has 0 saturated carbocycles. The highest BCUT2D eigenvalue weighted by atomic mass is 35.5. The maximum atomic E-state index is 6.24. The molecule has 0 unspecified atom stereocenters. The molecule has 0 saturated heterocycles. The first-order valence-corrected chi connectivity index (χ1v) is 10.4. The summed E-state index contributed by atoms with van der Waals surface area (Å²) in [4.78, 5) is 0. The first-order chi connectivity index (χ1) is 13.3. The maximum absolute atomic E-state index is 6.24. The Labute approximate surface area is 181 Å². The van der Waals surface area contributed by atoms with Gasteiger partial charge in [0.25, 0.3) is 0 Å². The summed E-state index contributed by atoms with van der Waals surface area (Å²) >= 11 is 6.24. The Kier molecular flexibility index (Phi) is 12.8. The molecule has 2 aromatic rings. The smallest absolute Gasteiger partial charge is 0.166 e. The Balaban J connectivity index is 0.00000392. The molecule has 3 nitrogen and oxygen atoms in total. The standard InChI is InChI=1S/C23H32ClNO2.ClH/c1-3-4-5-6-7-10-16-25-17-19-13-11-15-22(26-2)23(19)27-18-20-12-8-9-14-21(20)24;/h8-9,11-15,25H,3-7,10,16-18H2,1-2H3;1H. The molecule has 0 radical (unpaired) electrons. The summed E-state index contributed by atoms with van der Waals surface area (Å²) in [6.45, 7) is 4.46. The van der Waals surface area contributed by atoms with Crippen molar-refractivity contribution in [2.24, 2.45) is 0 Å². The van der Waals surface area contributed by atoms with Crippen LogP contribution < -0.4 is 14.8 Å². The monoisotopic (exact) mass is 425 g/mol. The van der Waals surface area contributed by atoms with E-state index < -0.39 is 0 Å². The minimum atomic E-state index is 0. The van der Waals surface area contributed by atoms with Crippen LogP contribution in [-0.4, -0.2) is 13.7 Å². The molecule has 1 N–H and O–H groups in total. The molecule has 2 rings (SSSR count). The lowest BCUT2D eigenvalue weighted by molar-refractivity contribution is 0.280. The molecule has 0 aromatic heterocycles. The maximum Gasteiger partial charge on any atom is 0.166 e. The second kappa shape index (κ2) is 14.6. The summed E-state index contributed by atoms with van der Waals surface area (Å²) in [7, 11) is 1.67. The predicted molar refractivity (Wildman–Crippen MR) is 121 cm³/mol. The third-order valence-corrected chi connectivity index (χ3v) is 5.00. The number of nitrogens with one attached hydrogen (secondary N) is 1. The number of ether oxygens (including phenoxy) is 2. The van der Waals surface area contributed by atoms with Gasteiger partial charge >= 0.3 is 0 Å². The number of halogens is 2. The highest BCUT2D eigenvalue weighted by Crippen LogP contribution is 2.32. The quantitative estimate of drug-likeness (QED) is 0.357. The molecule has 28 heavy (non-hydrogen) atoms. The fourth-order valence-electron chi connectivity index (χ4n) is 3.04. The molecule has 0 fully saturated rings. The number of para-hydroxylation sites is 1. The molecule has 0 aliphatic heterocycles. The van der Waals surface area contributed by atoms with Crippen molar-refractivity contribution in [2.45, 2.75) is 58.6 Å². The average Bonchev–Trinajstić information content (AvgIpc) is 2.69. The molecule has 0 bridgehead atoms. The normalized spacial score (nSPS) is 10.4. The van der Waals surface area contributed by atoms with E-state index >= 15 is 0 Å². The van der Waals surface area contributed by atoms with Crippen molar-refractivity contribution in [3.63, 3.8) is 0 Å². The molecular weight excluding hydrogens is 393 g/mol. The van der Waals surface area contributed by atoms with E-state index in [1.165, 1.54) is 38.5 Å². The van der Waals surface area contributed by atoms with Crippen molar-refractivity contribution in [1.29, 1.82) is 0 Å². The van der Waals surface area contributed by atoms with Crippen LogP contribution in [0.25, 0.3) is 0 Å². The third kappa shape index (κ3) is 8.30. The van der Waals surface area contributed by atoms with Gasteiger partial charge in [-0.1, -0.05) is 81.0 Å². The van der Waals surface area contributed by atoms with E-state index in [1.807, 2.05) is 36.4 Å². The van der Waals surface area contributed by atoms with Crippen LogP contribution in [0.2, 0.25) is 5.02 Å². The van der Waals surface area contributed by atoms with Crippen LogP contribution in [0.3, 0.4) is 0 Å². The zero-order chi connectivity index (χ0) is 19.3. The molecule has 156 valence electrons. The van der Waals surface area contributed by atoms with Gasteiger partial charge in [-0.2, -0.15) is 0 Å². The zero-order valence-electron chi connectivity index (χ0n) is 17.0. The number of unbranched alkanes of at least 4 members (excludes halogenated alkanes) is 5. The highest BCUT2D eigenvalue weighted by Gasteiger charge is 2.11. The number of methoxy groups -OCH3 is 1. The molecule has 0 amide bonds. The van der Waals surface area contributed by atoms with Gasteiger partial charge in [-0.25, -0.2) is 0 Å². The van der Waals surface area contributed by atoms with Gasteiger partial charge in [0.05, 0.1) is 7.11 Å². The van der Waals surface area contributed by atoms with Crippen LogP contribution in [0.4, 0.5) is 0 Å². The molecule has 0 heterocycles. The van der Waals surface area contributed by atoms with Gasteiger partial charge in [-0.05, 0) is 25.1 Å². The summed E-state index contributed by atoms with van der Waals surface area (Å²) in [5, 5.41) is 4.25.